The highest BCUT2D eigenvalue weighted by Gasteiger charge is 2.28. The normalized spacial score (nSPS) is 14.6. The molecule has 3 nitrogen and oxygen atoms in total. The van der Waals surface area contributed by atoms with Crippen LogP contribution >= 0.6 is 0 Å². The van der Waals surface area contributed by atoms with Crippen molar-refractivity contribution < 1.29 is 14.2 Å². The van der Waals surface area contributed by atoms with Crippen LogP contribution in [0.1, 0.15) is 45.2 Å². The molecule has 0 unspecified atom stereocenters. The number of benzene rings is 2. The molecule has 0 aliphatic heterocycles. The van der Waals surface area contributed by atoms with E-state index in [2.05, 4.69) is 70.2 Å². The number of rotatable bonds is 12. The molecule has 2 aromatic rings. The first-order chi connectivity index (χ1) is 13.5. The van der Waals surface area contributed by atoms with E-state index in [4.69, 9.17) is 14.2 Å². The van der Waals surface area contributed by atoms with E-state index >= 15 is 0 Å². The van der Waals surface area contributed by atoms with Crippen LogP contribution in [0.2, 0.25) is 0 Å². The van der Waals surface area contributed by atoms with Crippen molar-refractivity contribution in [3.05, 3.63) is 65.7 Å². The molecule has 0 bridgehead atoms. The summed E-state index contributed by atoms with van der Waals surface area (Å²) < 4.78 is 17.9. The van der Waals surface area contributed by atoms with Gasteiger partial charge in [0.1, 0.15) is 5.75 Å². The van der Waals surface area contributed by atoms with E-state index in [9.17, 15) is 0 Å². The van der Waals surface area contributed by atoms with Crippen LogP contribution in [0.25, 0.3) is 0 Å². The van der Waals surface area contributed by atoms with Gasteiger partial charge in [-0.2, -0.15) is 0 Å². The lowest BCUT2D eigenvalue weighted by Gasteiger charge is -2.32. The maximum Gasteiger partial charge on any atom is 0.118 e. The van der Waals surface area contributed by atoms with E-state index in [1.807, 2.05) is 12.1 Å². The number of hydrogen-bond acceptors (Lipinski definition) is 3. The van der Waals surface area contributed by atoms with Gasteiger partial charge in [0, 0.05) is 6.61 Å². The van der Waals surface area contributed by atoms with Crippen molar-refractivity contribution in [3.63, 3.8) is 0 Å². The lowest BCUT2D eigenvalue weighted by molar-refractivity contribution is -0.102. The van der Waals surface area contributed by atoms with Crippen molar-refractivity contribution in [2.24, 2.45) is 11.8 Å². The van der Waals surface area contributed by atoms with Gasteiger partial charge >= 0.3 is 0 Å². The molecule has 0 saturated heterocycles. The van der Waals surface area contributed by atoms with Gasteiger partial charge in [0.05, 0.1) is 25.9 Å². The van der Waals surface area contributed by atoms with Gasteiger partial charge in [-0.3, -0.25) is 0 Å². The Balaban J connectivity index is 2.03. The summed E-state index contributed by atoms with van der Waals surface area (Å²) in [5, 5.41) is 0. The standard InChI is InChI=1S/C25H36O3/c1-6-23(16-21-10-8-7-9-11-21)25(28-17-19(2)3)20(4)27-18-22-12-14-24(26-5)15-13-22/h7-15,19-20,23,25H,6,16-18H2,1-5H3/t20-,23+,25-/m0/s1. The van der Waals surface area contributed by atoms with Crippen molar-refractivity contribution >= 4 is 0 Å². The molecule has 0 amide bonds. The molecule has 0 saturated carbocycles. The zero-order chi connectivity index (χ0) is 20.4. The lowest BCUT2D eigenvalue weighted by Crippen LogP contribution is -2.38. The first-order valence-electron chi connectivity index (χ1n) is 10.4. The number of methoxy groups -OCH3 is 1. The third kappa shape index (κ3) is 7.29. The minimum Gasteiger partial charge on any atom is -0.497 e. The smallest absolute Gasteiger partial charge is 0.118 e. The Labute approximate surface area is 171 Å². The van der Waals surface area contributed by atoms with Crippen molar-refractivity contribution in [3.8, 4) is 5.75 Å². The molecule has 0 heterocycles. The Morgan fingerprint density at radius 2 is 1.50 bits per heavy atom. The highest BCUT2D eigenvalue weighted by atomic mass is 16.5. The van der Waals surface area contributed by atoms with Gasteiger partial charge in [-0.05, 0) is 48.4 Å². The van der Waals surface area contributed by atoms with E-state index < -0.39 is 0 Å². The summed E-state index contributed by atoms with van der Waals surface area (Å²) in [6.45, 7) is 10.1. The fourth-order valence-corrected chi connectivity index (χ4v) is 3.41. The molecule has 2 rings (SSSR count). The molecular weight excluding hydrogens is 348 g/mol. The number of ether oxygens (including phenoxy) is 3. The van der Waals surface area contributed by atoms with Gasteiger partial charge < -0.3 is 14.2 Å². The van der Waals surface area contributed by atoms with Crippen LogP contribution in [0.5, 0.6) is 5.75 Å². The minimum absolute atomic E-state index is 0.0227. The topological polar surface area (TPSA) is 27.7 Å². The molecule has 154 valence electrons. The van der Waals surface area contributed by atoms with Gasteiger partial charge in [-0.15, -0.1) is 0 Å². The minimum atomic E-state index is 0.0227. The molecule has 0 spiro atoms. The van der Waals surface area contributed by atoms with Crippen LogP contribution in [-0.2, 0) is 22.5 Å². The Morgan fingerprint density at radius 3 is 2.07 bits per heavy atom. The van der Waals surface area contributed by atoms with E-state index in [0.29, 0.717) is 18.4 Å². The Bertz CT molecular complexity index is 651. The van der Waals surface area contributed by atoms with Crippen LogP contribution in [-0.4, -0.2) is 25.9 Å². The van der Waals surface area contributed by atoms with Gasteiger partial charge in [-0.1, -0.05) is 69.7 Å². The summed E-state index contributed by atoms with van der Waals surface area (Å²) in [6.07, 6.45) is 2.17. The van der Waals surface area contributed by atoms with Gasteiger partial charge in [0.15, 0.2) is 0 Å². The fourth-order valence-electron chi connectivity index (χ4n) is 3.41. The predicted molar refractivity (Wildman–Crippen MR) is 116 cm³/mol. The quantitative estimate of drug-likeness (QED) is 0.455. The van der Waals surface area contributed by atoms with Crippen molar-refractivity contribution in [2.75, 3.05) is 13.7 Å². The molecule has 0 radical (unpaired) electrons. The SMILES string of the molecule is CC[C@H](Cc1ccccc1)[C@@H](OCC(C)C)[C@H](C)OCc1ccc(OC)cc1. The molecule has 3 atom stereocenters. The molecule has 0 aliphatic rings. The Hall–Kier alpha value is -1.84. The Morgan fingerprint density at radius 1 is 0.821 bits per heavy atom. The third-order valence-electron chi connectivity index (χ3n) is 5.09. The average molecular weight is 385 g/mol. The molecule has 0 aliphatic carbocycles. The highest BCUT2D eigenvalue weighted by molar-refractivity contribution is 5.26. The molecule has 0 N–H and O–H groups in total. The summed E-state index contributed by atoms with van der Waals surface area (Å²) in [7, 11) is 1.68. The van der Waals surface area contributed by atoms with E-state index in [1.54, 1.807) is 7.11 Å². The predicted octanol–water partition coefficient (Wildman–Crippen LogP) is 5.91. The van der Waals surface area contributed by atoms with Gasteiger partial charge in [0.2, 0.25) is 0 Å². The second kappa shape index (κ2) is 11.9. The summed E-state index contributed by atoms with van der Waals surface area (Å²) in [4.78, 5) is 0. The molecule has 0 fully saturated rings. The molecule has 28 heavy (non-hydrogen) atoms. The van der Waals surface area contributed by atoms with Crippen LogP contribution < -0.4 is 4.74 Å². The Kier molecular flexibility index (Phi) is 9.52. The molecule has 3 heteroatoms. The van der Waals surface area contributed by atoms with Crippen LogP contribution in [0, 0.1) is 11.8 Å². The summed E-state index contributed by atoms with van der Waals surface area (Å²) in [5.74, 6) is 1.79. The van der Waals surface area contributed by atoms with E-state index in [0.717, 1.165) is 30.8 Å². The first-order valence-corrected chi connectivity index (χ1v) is 10.4. The summed E-state index contributed by atoms with van der Waals surface area (Å²) in [6, 6.07) is 18.7. The largest absolute Gasteiger partial charge is 0.497 e. The van der Waals surface area contributed by atoms with Crippen molar-refractivity contribution in [2.45, 2.75) is 59.4 Å². The summed E-state index contributed by atoms with van der Waals surface area (Å²) in [5.41, 5.74) is 2.50. The van der Waals surface area contributed by atoms with Crippen LogP contribution in [0.4, 0.5) is 0 Å². The van der Waals surface area contributed by atoms with E-state index in [-0.39, 0.29) is 12.2 Å². The fraction of sp³-hybridized carbons (Fsp3) is 0.520. The first kappa shape index (κ1) is 22.4. The monoisotopic (exact) mass is 384 g/mol. The van der Waals surface area contributed by atoms with Crippen molar-refractivity contribution in [1.82, 2.24) is 0 Å². The molecule has 0 aromatic heterocycles. The number of hydrogen-bond donors (Lipinski definition) is 0. The maximum absolute atomic E-state index is 6.37. The van der Waals surface area contributed by atoms with Crippen LogP contribution in [0.15, 0.2) is 54.6 Å². The average Bonchev–Trinajstić information content (AvgIpc) is 2.72. The summed E-state index contributed by atoms with van der Waals surface area (Å²) >= 11 is 0. The third-order valence-corrected chi connectivity index (χ3v) is 5.09. The lowest BCUT2D eigenvalue weighted by atomic mass is 9.89. The highest BCUT2D eigenvalue weighted by Crippen LogP contribution is 2.24. The van der Waals surface area contributed by atoms with E-state index in [1.165, 1.54) is 5.56 Å². The van der Waals surface area contributed by atoms with Crippen molar-refractivity contribution in [1.29, 1.82) is 0 Å². The molecule has 2 aromatic carbocycles. The van der Waals surface area contributed by atoms with Gasteiger partial charge in [0.25, 0.3) is 0 Å². The zero-order valence-electron chi connectivity index (χ0n) is 18.1. The molecular formula is C25H36O3. The van der Waals surface area contributed by atoms with Crippen LogP contribution in [0.3, 0.4) is 0 Å². The zero-order valence-corrected chi connectivity index (χ0v) is 18.1. The second-order valence-electron chi connectivity index (χ2n) is 7.91. The maximum atomic E-state index is 6.37. The second-order valence-corrected chi connectivity index (χ2v) is 7.91. The van der Waals surface area contributed by atoms with Gasteiger partial charge in [-0.25, -0.2) is 0 Å².